The van der Waals surface area contributed by atoms with E-state index in [0.717, 1.165) is 0 Å². The Bertz CT molecular complexity index is 1280. The van der Waals surface area contributed by atoms with E-state index in [1.54, 1.807) is 73.3 Å². The van der Waals surface area contributed by atoms with Crippen molar-refractivity contribution in [3.8, 4) is 0 Å². The maximum atomic E-state index is 12.9. The van der Waals surface area contributed by atoms with Gasteiger partial charge in [-0.1, -0.05) is 34.5 Å². The Morgan fingerprint density at radius 3 is 1.35 bits per heavy atom. The number of benzene rings is 2. The fourth-order valence-electron chi connectivity index (χ4n) is 2.62. The van der Waals surface area contributed by atoms with Crippen LogP contribution in [0.15, 0.2) is 118 Å². The van der Waals surface area contributed by atoms with E-state index in [4.69, 9.17) is 10.2 Å². The van der Waals surface area contributed by atoms with Crippen LogP contribution in [0.4, 0.5) is 8.78 Å². The fourth-order valence-corrected chi connectivity index (χ4v) is 2.62. The molecule has 0 aliphatic heterocycles. The van der Waals surface area contributed by atoms with Crippen LogP contribution in [0.1, 0.15) is 22.3 Å². The summed E-state index contributed by atoms with van der Waals surface area (Å²) in [5.41, 5.74) is 2.45. The van der Waals surface area contributed by atoms with Crippen LogP contribution in [0, 0.1) is 11.6 Å². The molecular weight excluding hydrogens is 530 g/mol. The topological polar surface area (TPSA) is 121 Å². The van der Waals surface area contributed by atoms with Gasteiger partial charge in [-0.25, -0.2) is 8.78 Å². The van der Waals surface area contributed by atoms with Gasteiger partial charge in [-0.15, -0.1) is 0 Å². The molecule has 4 N–H and O–H groups in total. The van der Waals surface area contributed by atoms with Gasteiger partial charge in [0.1, 0.15) is 11.6 Å². The van der Waals surface area contributed by atoms with Gasteiger partial charge in [-0.2, -0.15) is 10.2 Å². The van der Waals surface area contributed by atoms with Crippen LogP contribution in [-0.2, 0) is 17.1 Å². The van der Waals surface area contributed by atoms with Gasteiger partial charge in [0.25, 0.3) is 0 Å². The molecule has 2 aromatic heterocycles. The number of nitrogens with zero attached hydrogens (tertiary/aromatic N) is 6. The maximum absolute atomic E-state index is 12.9. The van der Waals surface area contributed by atoms with Crippen molar-refractivity contribution < 1.29 is 36.1 Å². The number of rotatable bonds is 6. The Kier molecular flexibility index (Phi) is 11.9. The second-order valence-corrected chi connectivity index (χ2v) is 6.97. The molecule has 0 aliphatic rings. The molecule has 4 rings (SSSR count). The van der Waals surface area contributed by atoms with Crippen LogP contribution in [-0.4, -0.2) is 44.4 Å². The van der Waals surface area contributed by atoms with Crippen molar-refractivity contribution in [3.05, 3.63) is 131 Å². The van der Waals surface area contributed by atoms with E-state index in [9.17, 15) is 8.78 Å². The molecule has 8 nitrogen and oxygen atoms in total. The van der Waals surface area contributed by atoms with E-state index < -0.39 is 0 Å². The van der Waals surface area contributed by atoms with Gasteiger partial charge in [0.05, 0.1) is 23.6 Å². The number of halogens is 2. The number of pyridine rings is 2. The minimum absolute atomic E-state index is 0. The molecule has 0 spiro atoms. The Morgan fingerprint density at radius 1 is 0.622 bits per heavy atom. The van der Waals surface area contributed by atoms with E-state index >= 15 is 0 Å². The Hall–Kier alpha value is -4.60. The molecule has 0 fully saturated rings. The van der Waals surface area contributed by atoms with Crippen LogP contribution < -0.4 is 0 Å². The monoisotopic (exact) mass is 551 g/mol. The molecule has 37 heavy (non-hydrogen) atoms. The molecular formula is C26H22CuF2N6O2+2. The molecule has 0 saturated heterocycles. The van der Waals surface area contributed by atoms with Crippen molar-refractivity contribution in [1.82, 2.24) is 9.97 Å². The smallest absolute Gasteiger partial charge is 0.383 e. The first-order valence-corrected chi connectivity index (χ1v) is 10.5. The molecule has 0 bridgehead atoms. The second-order valence-electron chi connectivity index (χ2n) is 6.97. The Balaban J connectivity index is 0.000000253. The number of aromatic nitrogens is 2. The van der Waals surface area contributed by atoms with E-state index in [2.05, 4.69) is 30.4 Å². The molecule has 191 valence electrons. The zero-order chi connectivity index (χ0) is 25.6. The average Bonchev–Trinajstić information content (AvgIpc) is 2.90. The molecule has 1 radical (unpaired) electrons. The maximum Gasteiger partial charge on any atom is 0.383 e. The summed E-state index contributed by atoms with van der Waals surface area (Å²) in [6.45, 7) is 0. The third-order valence-electron chi connectivity index (χ3n) is 4.33. The molecule has 0 unspecified atom stereocenters. The first kappa shape index (κ1) is 28.6. The third-order valence-corrected chi connectivity index (χ3v) is 4.33. The molecule has 11 heteroatoms. The van der Waals surface area contributed by atoms with Crippen molar-refractivity contribution in [1.29, 1.82) is 0 Å². The van der Waals surface area contributed by atoms with E-state index in [-0.39, 0.29) is 40.5 Å². The van der Waals surface area contributed by atoms with Crippen molar-refractivity contribution in [2.45, 2.75) is 0 Å². The minimum Gasteiger partial charge on any atom is -0.577 e. The zero-order valence-corrected chi connectivity index (χ0v) is 20.1. The minimum atomic E-state index is -0.330. The molecule has 0 atom stereocenters. The quantitative estimate of drug-likeness (QED) is 0.120. The van der Waals surface area contributed by atoms with Crippen molar-refractivity contribution in [3.63, 3.8) is 0 Å². The summed E-state index contributed by atoms with van der Waals surface area (Å²) in [4.78, 5) is 7.69. The summed E-state index contributed by atoms with van der Waals surface area (Å²) in [7, 11) is 0. The van der Waals surface area contributed by atoms with Crippen LogP contribution in [0.3, 0.4) is 0 Å². The molecule has 0 amide bonds. The van der Waals surface area contributed by atoms with Crippen LogP contribution >= 0.6 is 0 Å². The summed E-state index contributed by atoms with van der Waals surface area (Å²) in [6.07, 6.45) is 9.12. The van der Waals surface area contributed by atoms with Crippen molar-refractivity contribution >= 4 is 24.2 Å². The van der Waals surface area contributed by atoms with E-state index in [0.29, 0.717) is 22.3 Å². The predicted octanol–water partition coefficient (Wildman–Crippen LogP) is 3.45. The van der Waals surface area contributed by atoms with Crippen molar-refractivity contribution in [2.24, 2.45) is 20.4 Å². The zero-order valence-electron chi connectivity index (χ0n) is 19.1. The molecule has 2 aromatic carbocycles. The van der Waals surface area contributed by atoms with Crippen molar-refractivity contribution in [2.75, 3.05) is 0 Å². The van der Waals surface area contributed by atoms with E-state index in [1.165, 1.54) is 36.7 Å². The van der Waals surface area contributed by atoms with Gasteiger partial charge in [0.15, 0.2) is 0 Å². The molecule has 2 heterocycles. The largest absolute Gasteiger partial charge is 0.577 e. The summed E-state index contributed by atoms with van der Waals surface area (Å²) < 4.78 is 25.8. The number of hydrogen-bond acceptors (Lipinski definition) is 6. The van der Waals surface area contributed by atoms with Gasteiger partial charge in [-0.05, 0) is 59.7 Å². The van der Waals surface area contributed by atoms with Gasteiger partial charge in [0, 0.05) is 41.9 Å². The van der Waals surface area contributed by atoms with Gasteiger partial charge in [0.2, 0.25) is 0 Å². The SMILES string of the molecule is [Cu].[OH2+]/C(=N\N=C/c1cccc(F)c1)c1ccncc1.[OH2+]/C(=N\N=C/c1cccc(F)c1)c1ccncc1. The fraction of sp³-hybridized carbons (Fsp3) is 0. The summed E-state index contributed by atoms with van der Waals surface area (Å²) in [5.74, 6) is -0.596. The Morgan fingerprint density at radius 2 is 1.00 bits per heavy atom. The molecule has 4 aromatic rings. The standard InChI is InChI=1S/2C13H10FN3O.Cu/c2*14-12-3-1-2-10(8-12)9-16-17-13(18)11-4-6-15-7-5-11;/h2*1-9H,(H,17,18);/p+2/b2*16-9-;. The van der Waals surface area contributed by atoms with Crippen LogP contribution in [0.2, 0.25) is 0 Å². The summed E-state index contributed by atoms with van der Waals surface area (Å²) >= 11 is 0. The van der Waals surface area contributed by atoms with Crippen LogP contribution in [0.5, 0.6) is 0 Å². The first-order chi connectivity index (χ1) is 17.5. The van der Waals surface area contributed by atoms with Gasteiger partial charge >= 0.3 is 11.8 Å². The molecule has 0 saturated carbocycles. The number of hydrogen-bond donors (Lipinski definition) is 0. The van der Waals surface area contributed by atoms with E-state index in [1.807, 2.05) is 0 Å². The summed E-state index contributed by atoms with van der Waals surface area (Å²) in [5, 5.41) is 30.2. The first-order valence-electron chi connectivity index (χ1n) is 10.5. The Labute approximate surface area is 222 Å². The predicted molar refractivity (Wildman–Crippen MR) is 137 cm³/mol. The summed E-state index contributed by atoms with van der Waals surface area (Å²) in [6, 6.07) is 18.7. The second kappa shape index (κ2) is 15.4. The third kappa shape index (κ3) is 10.3. The van der Waals surface area contributed by atoms with Crippen LogP contribution in [0.25, 0.3) is 0 Å². The average molecular weight is 552 g/mol. The molecule has 0 aliphatic carbocycles. The van der Waals surface area contributed by atoms with Gasteiger partial charge in [-0.3, -0.25) is 9.97 Å². The van der Waals surface area contributed by atoms with Gasteiger partial charge < -0.3 is 10.2 Å². The normalized spacial score (nSPS) is 11.6.